The normalized spacial score (nSPS) is 11.8. The van der Waals surface area contributed by atoms with E-state index >= 15 is 0 Å². The van der Waals surface area contributed by atoms with E-state index < -0.39 is 27.7 Å². The summed E-state index contributed by atoms with van der Waals surface area (Å²) < 4.78 is 66.5. The smallest absolute Gasteiger partial charge is 0.376 e. The molecule has 0 saturated heterocycles. The second kappa shape index (κ2) is 8.60. The highest BCUT2D eigenvalue weighted by molar-refractivity contribution is 7.94. The van der Waals surface area contributed by atoms with Gasteiger partial charge in [0.25, 0.3) is 15.9 Å². The molecule has 164 valence electrons. The molecule has 0 fully saturated rings. The molecule has 0 aliphatic carbocycles. The number of rotatable bonds is 6. The van der Waals surface area contributed by atoms with Crippen LogP contribution in [-0.2, 0) is 16.2 Å². The largest absolute Gasteiger partial charge is 0.416 e. The molecule has 1 amide bonds. The Morgan fingerprint density at radius 1 is 1.03 bits per heavy atom. The number of amides is 1. The van der Waals surface area contributed by atoms with Crippen LogP contribution in [0, 0.1) is 0 Å². The highest BCUT2D eigenvalue weighted by Gasteiger charge is 2.31. The number of hydrogen-bond acceptors (Lipinski definition) is 5. The van der Waals surface area contributed by atoms with Crippen LogP contribution in [0.4, 0.5) is 30.2 Å². The Balaban J connectivity index is 1.87. The van der Waals surface area contributed by atoms with E-state index in [2.05, 4.69) is 10.0 Å². The second-order valence-corrected chi connectivity index (χ2v) is 9.55. The minimum atomic E-state index is -4.57. The lowest BCUT2D eigenvalue weighted by molar-refractivity contribution is -0.137. The molecule has 0 saturated carbocycles. The van der Waals surface area contributed by atoms with E-state index in [0.29, 0.717) is 5.69 Å². The van der Waals surface area contributed by atoms with Crippen molar-refractivity contribution >= 4 is 44.3 Å². The Kier molecular flexibility index (Phi) is 6.27. The van der Waals surface area contributed by atoms with Gasteiger partial charge in [-0.15, -0.1) is 11.3 Å². The van der Waals surface area contributed by atoms with Crippen molar-refractivity contribution in [3.63, 3.8) is 0 Å². The lowest BCUT2D eigenvalue weighted by atomic mass is 10.1. The molecule has 0 atom stereocenters. The van der Waals surface area contributed by atoms with Crippen LogP contribution in [0.25, 0.3) is 0 Å². The zero-order valence-corrected chi connectivity index (χ0v) is 18.0. The van der Waals surface area contributed by atoms with Gasteiger partial charge in [0, 0.05) is 25.3 Å². The molecule has 0 bridgehead atoms. The van der Waals surface area contributed by atoms with Gasteiger partial charge in [0.1, 0.15) is 4.21 Å². The van der Waals surface area contributed by atoms with Crippen LogP contribution in [0.5, 0.6) is 0 Å². The number of halogens is 3. The van der Waals surface area contributed by atoms with Crippen molar-refractivity contribution in [2.45, 2.75) is 10.4 Å². The summed E-state index contributed by atoms with van der Waals surface area (Å²) in [6, 6.07) is 11.8. The zero-order valence-electron chi connectivity index (χ0n) is 16.4. The molecule has 6 nitrogen and oxygen atoms in total. The molecule has 2 N–H and O–H groups in total. The number of thiophene rings is 1. The average Bonchev–Trinajstić information content (AvgIpc) is 3.23. The molecule has 31 heavy (non-hydrogen) atoms. The van der Waals surface area contributed by atoms with Gasteiger partial charge >= 0.3 is 6.18 Å². The van der Waals surface area contributed by atoms with Crippen LogP contribution in [0.1, 0.15) is 15.9 Å². The minimum absolute atomic E-state index is 0.0191. The number of alkyl halides is 3. The SMILES string of the molecule is CN(C)c1ccc(C(F)(F)F)cc1NC(=O)c1cccc(NS(=O)(=O)c2cccs2)c1. The van der Waals surface area contributed by atoms with Gasteiger partial charge in [0.15, 0.2) is 0 Å². The summed E-state index contributed by atoms with van der Waals surface area (Å²) in [4.78, 5) is 14.3. The number of nitrogens with one attached hydrogen (secondary N) is 2. The number of anilines is 3. The van der Waals surface area contributed by atoms with E-state index in [1.54, 1.807) is 30.4 Å². The van der Waals surface area contributed by atoms with Gasteiger partial charge in [0.05, 0.1) is 16.9 Å². The van der Waals surface area contributed by atoms with Crippen molar-refractivity contribution in [2.75, 3.05) is 29.0 Å². The maximum Gasteiger partial charge on any atom is 0.416 e. The topological polar surface area (TPSA) is 78.5 Å². The van der Waals surface area contributed by atoms with Gasteiger partial charge in [-0.1, -0.05) is 12.1 Å². The van der Waals surface area contributed by atoms with Crippen LogP contribution in [0.2, 0.25) is 0 Å². The highest BCUT2D eigenvalue weighted by Crippen LogP contribution is 2.35. The number of benzene rings is 2. The summed E-state index contributed by atoms with van der Waals surface area (Å²) in [5.74, 6) is -0.681. The van der Waals surface area contributed by atoms with Crippen LogP contribution in [-0.4, -0.2) is 28.4 Å². The molecule has 0 unspecified atom stereocenters. The third kappa shape index (κ3) is 5.36. The van der Waals surface area contributed by atoms with E-state index in [1.165, 1.54) is 36.4 Å². The predicted octanol–water partition coefficient (Wildman–Crippen LogP) is 4.89. The number of sulfonamides is 1. The lowest BCUT2D eigenvalue weighted by Crippen LogP contribution is -2.18. The fourth-order valence-corrected chi connectivity index (χ4v) is 4.79. The van der Waals surface area contributed by atoms with Crippen LogP contribution in [0.3, 0.4) is 0 Å². The third-order valence-corrected chi connectivity index (χ3v) is 6.97. The molecule has 2 aromatic carbocycles. The monoisotopic (exact) mass is 469 g/mol. The Bertz CT molecular complexity index is 1190. The fraction of sp³-hybridized carbons (Fsp3) is 0.150. The quantitative estimate of drug-likeness (QED) is 0.539. The predicted molar refractivity (Wildman–Crippen MR) is 115 cm³/mol. The number of hydrogen-bond donors (Lipinski definition) is 2. The molecule has 0 aliphatic heterocycles. The Morgan fingerprint density at radius 3 is 2.39 bits per heavy atom. The van der Waals surface area contributed by atoms with Gasteiger partial charge in [0.2, 0.25) is 0 Å². The maximum absolute atomic E-state index is 13.1. The third-order valence-electron chi connectivity index (χ3n) is 4.19. The maximum atomic E-state index is 13.1. The van der Waals surface area contributed by atoms with Crippen molar-refractivity contribution in [1.29, 1.82) is 0 Å². The van der Waals surface area contributed by atoms with Gasteiger partial charge in [-0.3, -0.25) is 9.52 Å². The molecular weight excluding hydrogens is 451 g/mol. The van der Waals surface area contributed by atoms with Crippen LogP contribution in [0.15, 0.2) is 64.2 Å². The van der Waals surface area contributed by atoms with E-state index in [1.807, 2.05) is 0 Å². The molecule has 0 radical (unpaired) electrons. The van der Waals surface area contributed by atoms with Gasteiger partial charge in [-0.25, -0.2) is 8.42 Å². The molecule has 3 aromatic rings. The van der Waals surface area contributed by atoms with Crippen molar-refractivity contribution in [3.05, 3.63) is 71.1 Å². The van der Waals surface area contributed by atoms with E-state index in [-0.39, 0.29) is 21.1 Å². The molecule has 11 heteroatoms. The minimum Gasteiger partial charge on any atom is -0.376 e. The first-order valence-electron chi connectivity index (χ1n) is 8.84. The van der Waals surface area contributed by atoms with Crippen molar-refractivity contribution in [1.82, 2.24) is 0 Å². The van der Waals surface area contributed by atoms with Crippen molar-refractivity contribution in [3.8, 4) is 0 Å². The molecule has 1 heterocycles. The van der Waals surface area contributed by atoms with Crippen LogP contribution < -0.4 is 14.9 Å². The first-order valence-corrected chi connectivity index (χ1v) is 11.2. The second-order valence-electron chi connectivity index (χ2n) is 6.70. The summed E-state index contributed by atoms with van der Waals surface area (Å²) in [7, 11) is -0.532. The first-order chi connectivity index (χ1) is 14.5. The summed E-state index contributed by atoms with van der Waals surface area (Å²) in [6.07, 6.45) is -4.57. The number of carbonyl (C=O) groups excluding carboxylic acids is 1. The summed E-state index contributed by atoms with van der Waals surface area (Å²) in [5, 5.41) is 4.10. The summed E-state index contributed by atoms with van der Waals surface area (Å²) >= 11 is 1.04. The average molecular weight is 470 g/mol. The van der Waals surface area contributed by atoms with Gasteiger partial charge < -0.3 is 10.2 Å². The van der Waals surface area contributed by atoms with Crippen LogP contribution >= 0.6 is 11.3 Å². The molecule has 0 spiro atoms. The number of carbonyl (C=O) groups is 1. The Labute approximate surface area is 181 Å². The first kappa shape index (κ1) is 22.6. The molecule has 0 aliphatic rings. The molecule has 3 rings (SSSR count). The Morgan fingerprint density at radius 2 is 1.77 bits per heavy atom. The van der Waals surface area contributed by atoms with Crippen molar-refractivity contribution < 1.29 is 26.4 Å². The van der Waals surface area contributed by atoms with Gasteiger partial charge in [-0.05, 0) is 47.8 Å². The van der Waals surface area contributed by atoms with E-state index in [4.69, 9.17) is 0 Å². The zero-order chi connectivity index (χ0) is 22.8. The highest BCUT2D eigenvalue weighted by atomic mass is 32.2. The fourth-order valence-electron chi connectivity index (χ4n) is 2.74. The Hall–Kier alpha value is -3.05. The number of nitrogens with zero attached hydrogens (tertiary/aromatic N) is 1. The summed E-state index contributed by atoms with van der Waals surface area (Å²) in [5.41, 5.74) is -0.303. The van der Waals surface area contributed by atoms with Crippen molar-refractivity contribution in [2.24, 2.45) is 0 Å². The summed E-state index contributed by atoms with van der Waals surface area (Å²) in [6.45, 7) is 0. The van der Waals surface area contributed by atoms with E-state index in [0.717, 1.165) is 23.5 Å². The molecule has 1 aromatic heterocycles. The van der Waals surface area contributed by atoms with E-state index in [9.17, 15) is 26.4 Å². The standard InChI is InChI=1S/C20H18F3N3O3S2/c1-26(2)17-9-8-14(20(21,22)23)12-16(17)24-19(27)13-5-3-6-15(11-13)25-31(28,29)18-7-4-10-30-18/h3-12,25H,1-2H3,(H,24,27). The molecular formula is C20H18F3N3O3S2. The van der Waals surface area contributed by atoms with Gasteiger partial charge in [-0.2, -0.15) is 13.2 Å². The lowest BCUT2D eigenvalue weighted by Gasteiger charge is -2.20.